The summed E-state index contributed by atoms with van der Waals surface area (Å²) in [6.07, 6.45) is 1.58. The van der Waals surface area contributed by atoms with Crippen LogP contribution in [-0.4, -0.2) is 20.7 Å². The van der Waals surface area contributed by atoms with E-state index in [9.17, 15) is 8.42 Å². The van der Waals surface area contributed by atoms with Crippen LogP contribution < -0.4 is 5.32 Å². The maximum atomic E-state index is 12.3. The van der Waals surface area contributed by atoms with Gasteiger partial charge in [0.1, 0.15) is 5.76 Å². The number of sulfone groups is 1. The Morgan fingerprint density at radius 3 is 2.71 bits per heavy atom. The first-order chi connectivity index (χ1) is 9.90. The molecule has 1 atom stereocenters. The molecule has 0 amide bonds. The highest BCUT2D eigenvalue weighted by atomic mass is 35.5. The van der Waals surface area contributed by atoms with Crippen molar-refractivity contribution in [2.75, 3.05) is 12.3 Å². The van der Waals surface area contributed by atoms with Crippen molar-refractivity contribution in [2.45, 2.75) is 17.9 Å². The molecule has 1 N–H and O–H groups in total. The minimum atomic E-state index is -3.49. The van der Waals surface area contributed by atoms with Gasteiger partial charge in [0, 0.05) is 11.6 Å². The van der Waals surface area contributed by atoms with Gasteiger partial charge in [0.25, 0.3) is 0 Å². The maximum absolute atomic E-state index is 12.3. The molecule has 21 heavy (non-hydrogen) atoms. The number of rotatable bonds is 6. The van der Waals surface area contributed by atoms with Gasteiger partial charge in [-0.15, -0.1) is 0 Å². The van der Waals surface area contributed by atoms with Gasteiger partial charge in [-0.3, -0.25) is 0 Å². The molecule has 0 saturated heterocycles. The first-order valence-corrected chi connectivity index (χ1v) is 8.75. The number of benzene rings is 1. The van der Waals surface area contributed by atoms with Gasteiger partial charge < -0.3 is 9.73 Å². The molecule has 2 aromatic rings. The summed E-state index contributed by atoms with van der Waals surface area (Å²) in [4.78, 5) is 0.0594. The smallest absolute Gasteiger partial charge is 0.181 e. The first-order valence-electron chi connectivity index (χ1n) is 6.35. The Morgan fingerprint density at radius 2 is 2.05 bits per heavy atom. The fourth-order valence-electron chi connectivity index (χ4n) is 1.87. The van der Waals surface area contributed by atoms with Crippen LogP contribution in [0.3, 0.4) is 0 Å². The van der Waals surface area contributed by atoms with E-state index < -0.39 is 9.84 Å². The molecule has 0 aliphatic rings. The molecular formula is C14H15Cl2NO3S. The van der Waals surface area contributed by atoms with Gasteiger partial charge in [0.15, 0.2) is 9.84 Å². The molecule has 0 fully saturated rings. The van der Waals surface area contributed by atoms with Crippen LogP contribution in [0.2, 0.25) is 10.0 Å². The van der Waals surface area contributed by atoms with Crippen molar-refractivity contribution in [3.8, 4) is 0 Å². The second kappa shape index (κ2) is 6.83. The van der Waals surface area contributed by atoms with E-state index in [4.69, 9.17) is 27.6 Å². The van der Waals surface area contributed by atoms with Crippen LogP contribution in [0.25, 0.3) is 0 Å². The number of furan rings is 1. The average molecular weight is 348 g/mol. The summed E-state index contributed by atoms with van der Waals surface area (Å²) in [5, 5.41) is 3.62. The zero-order valence-electron chi connectivity index (χ0n) is 11.3. The van der Waals surface area contributed by atoms with Crippen molar-refractivity contribution in [3.05, 3.63) is 52.4 Å². The van der Waals surface area contributed by atoms with Crippen LogP contribution in [0.4, 0.5) is 0 Å². The summed E-state index contributed by atoms with van der Waals surface area (Å²) in [6.45, 7) is 2.19. The van der Waals surface area contributed by atoms with Crippen molar-refractivity contribution < 1.29 is 12.8 Å². The normalized spacial score (nSPS) is 13.3. The largest absolute Gasteiger partial charge is 0.468 e. The van der Waals surface area contributed by atoms with Gasteiger partial charge in [0.2, 0.25) is 0 Å². The van der Waals surface area contributed by atoms with E-state index in [0.29, 0.717) is 5.02 Å². The third kappa shape index (κ3) is 4.23. The molecule has 0 bridgehead atoms. The number of hydrogen-bond donors (Lipinski definition) is 1. The van der Waals surface area contributed by atoms with E-state index in [2.05, 4.69) is 5.32 Å². The Bertz CT molecular complexity index is 699. The standard InChI is InChI=1S/C14H15Cl2NO3S/c1-10(13-3-2-7-20-13)17-6-8-21(18,19)14-9-11(15)4-5-12(14)16/h2-5,7,9-10,17H,6,8H2,1H3/t10-/m0/s1. The highest BCUT2D eigenvalue weighted by Crippen LogP contribution is 2.25. The molecule has 114 valence electrons. The second-order valence-corrected chi connectivity index (χ2v) is 7.51. The molecule has 4 nitrogen and oxygen atoms in total. The first kappa shape index (κ1) is 16.4. The predicted molar refractivity (Wildman–Crippen MR) is 83.6 cm³/mol. The summed E-state index contributed by atoms with van der Waals surface area (Å²) in [6, 6.07) is 7.96. The molecule has 7 heteroatoms. The van der Waals surface area contributed by atoms with Crippen LogP contribution in [0, 0.1) is 0 Å². The van der Waals surface area contributed by atoms with Gasteiger partial charge in [-0.25, -0.2) is 8.42 Å². The summed E-state index contributed by atoms with van der Waals surface area (Å²) < 4.78 is 29.8. The topological polar surface area (TPSA) is 59.3 Å². The van der Waals surface area contributed by atoms with Gasteiger partial charge in [-0.2, -0.15) is 0 Å². The zero-order chi connectivity index (χ0) is 15.5. The summed E-state index contributed by atoms with van der Waals surface area (Å²) in [7, 11) is -3.49. The summed E-state index contributed by atoms with van der Waals surface area (Å²) >= 11 is 11.8. The Balaban J connectivity index is 2.00. The Hall–Kier alpha value is -1.01. The third-order valence-corrected chi connectivity index (χ3v) is 5.45. The Kier molecular flexibility index (Phi) is 5.32. The molecule has 0 aliphatic heterocycles. The average Bonchev–Trinajstić information content (AvgIpc) is 2.95. The molecule has 2 rings (SSSR count). The summed E-state index contributed by atoms with van der Waals surface area (Å²) in [5.41, 5.74) is 0. The Morgan fingerprint density at radius 1 is 1.29 bits per heavy atom. The quantitative estimate of drug-likeness (QED) is 0.865. The fourth-order valence-corrected chi connectivity index (χ4v) is 3.86. The maximum Gasteiger partial charge on any atom is 0.181 e. The van der Waals surface area contributed by atoms with E-state index >= 15 is 0 Å². The van der Waals surface area contributed by atoms with Crippen molar-refractivity contribution in [1.29, 1.82) is 0 Å². The number of hydrogen-bond acceptors (Lipinski definition) is 4. The third-order valence-electron chi connectivity index (χ3n) is 3.02. The van der Waals surface area contributed by atoms with E-state index in [-0.39, 0.29) is 28.3 Å². The molecule has 1 aromatic carbocycles. The van der Waals surface area contributed by atoms with Crippen molar-refractivity contribution in [3.63, 3.8) is 0 Å². The lowest BCUT2D eigenvalue weighted by Gasteiger charge is -2.12. The minimum absolute atomic E-state index is 0.0594. The van der Waals surface area contributed by atoms with Crippen LogP contribution in [0.5, 0.6) is 0 Å². The van der Waals surface area contributed by atoms with E-state index in [0.717, 1.165) is 5.76 Å². The Labute approximate surface area is 134 Å². The van der Waals surface area contributed by atoms with Crippen LogP contribution >= 0.6 is 23.2 Å². The van der Waals surface area contributed by atoms with Crippen molar-refractivity contribution in [2.24, 2.45) is 0 Å². The molecule has 0 spiro atoms. The van der Waals surface area contributed by atoms with E-state index in [1.165, 1.54) is 12.1 Å². The molecule has 1 aromatic heterocycles. The highest BCUT2D eigenvalue weighted by molar-refractivity contribution is 7.91. The SMILES string of the molecule is C[C@H](NCCS(=O)(=O)c1cc(Cl)ccc1Cl)c1ccco1. The molecule has 0 unspecified atom stereocenters. The highest BCUT2D eigenvalue weighted by Gasteiger charge is 2.19. The molecule has 0 radical (unpaired) electrons. The lowest BCUT2D eigenvalue weighted by molar-refractivity contribution is 0.437. The predicted octanol–water partition coefficient (Wildman–Crippen LogP) is 3.71. The lowest BCUT2D eigenvalue weighted by atomic mass is 10.2. The van der Waals surface area contributed by atoms with Gasteiger partial charge in [0.05, 0.1) is 28.0 Å². The molecule has 0 saturated carbocycles. The van der Waals surface area contributed by atoms with Crippen molar-refractivity contribution >= 4 is 33.0 Å². The summed E-state index contributed by atoms with van der Waals surface area (Å²) in [5.74, 6) is 0.686. The van der Waals surface area contributed by atoms with Gasteiger partial charge in [-0.1, -0.05) is 23.2 Å². The van der Waals surface area contributed by atoms with Gasteiger partial charge in [-0.05, 0) is 37.3 Å². The number of halogens is 2. The minimum Gasteiger partial charge on any atom is -0.468 e. The molecular weight excluding hydrogens is 333 g/mol. The van der Waals surface area contributed by atoms with E-state index in [1.54, 1.807) is 18.4 Å². The van der Waals surface area contributed by atoms with Gasteiger partial charge >= 0.3 is 0 Å². The zero-order valence-corrected chi connectivity index (χ0v) is 13.7. The molecule has 0 aliphatic carbocycles. The second-order valence-electron chi connectivity index (χ2n) is 4.58. The molecule has 1 heterocycles. The van der Waals surface area contributed by atoms with Crippen LogP contribution in [0.1, 0.15) is 18.7 Å². The van der Waals surface area contributed by atoms with Crippen LogP contribution in [-0.2, 0) is 9.84 Å². The van der Waals surface area contributed by atoms with Crippen molar-refractivity contribution in [1.82, 2.24) is 5.32 Å². The monoisotopic (exact) mass is 347 g/mol. The van der Waals surface area contributed by atoms with E-state index in [1.807, 2.05) is 13.0 Å². The lowest BCUT2D eigenvalue weighted by Crippen LogP contribution is -2.25. The number of nitrogens with one attached hydrogen (secondary N) is 1. The fraction of sp³-hybridized carbons (Fsp3) is 0.286. The van der Waals surface area contributed by atoms with Crippen LogP contribution in [0.15, 0.2) is 45.9 Å².